The normalized spacial score (nSPS) is 22.9. The molecule has 0 amide bonds. The molecule has 1 aliphatic rings. The third-order valence-corrected chi connectivity index (χ3v) is 3.16. The highest BCUT2D eigenvalue weighted by Crippen LogP contribution is 2.22. The van der Waals surface area contributed by atoms with E-state index in [2.05, 4.69) is 31.0 Å². The predicted molar refractivity (Wildman–Crippen MR) is 59.4 cm³/mol. The third-order valence-electron chi connectivity index (χ3n) is 3.16. The van der Waals surface area contributed by atoms with Crippen molar-refractivity contribution in [1.82, 2.24) is 10.2 Å². The van der Waals surface area contributed by atoms with Gasteiger partial charge in [-0.3, -0.25) is 0 Å². The Labute approximate surface area is 87.5 Å². The van der Waals surface area contributed by atoms with Crippen molar-refractivity contribution in [2.45, 2.75) is 45.3 Å². The van der Waals surface area contributed by atoms with Crippen molar-refractivity contribution in [3.8, 4) is 0 Å². The van der Waals surface area contributed by atoms with Crippen LogP contribution in [0.3, 0.4) is 0 Å². The average molecular weight is 200 g/mol. The van der Waals surface area contributed by atoms with Gasteiger partial charge in [-0.25, -0.2) is 0 Å². The van der Waals surface area contributed by atoms with Crippen molar-refractivity contribution in [2.24, 2.45) is 0 Å². The number of hydrogen-bond acceptors (Lipinski definition) is 3. The van der Waals surface area contributed by atoms with E-state index in [9.17, 15) is 5.11 Å². The van der Waals surface area contributed by atoms with Gasteiger partial charge < -0.3 is 15.3 Å². The molecule has 14 heavy (non-hydrogen) atoms. The summed E-state index contributed by atoms with van der Waals surface area (Å²) in [4.78, 5) is 2.43. The van der Waals surface area contributed by atoms with Gasteiger partial charge in [0.2, 0.25) is 0 Å². The van der Waals surface area contributed by atoms with E-state index in [-0.39, 0.29) is 0 Å². The minimum atomic E-state index is -0.457. The first-order valence-electron chi connectivity index (χ1n) is 5.74. The molecule has 2 N–H and O–H groups in total. The summed E-state index contributed by atoms with van der Waals surface area (Å²) in [5.74, 6) is 0. The lowest BCUT2D eigenvalue weighted by Crippen LogP contribution is -2.51. The Morgan fingerprint density at radius 3 is 2.36 bits per heavy atom. The van der Waals surface area contributed by atoms with Gasteiger partial charge in [0.25, 0.3) is 0 Å². The van der Waals surface area contributed by atoms with Gasteiger partial charge in [-0.05, 0) is 33.2 Å². The maximum absolute atomic E-state index is 10.2. The molecule has 3 nitrogen and oxygen atoms in total. The predicted octanol–water partition coefficient (Wildman–Crippen LogP) is 0.831. The van der Waals surface area contributed by atoms with Crippen LogP contribution in [0.5, 0.6) is 0 Å². The fourth-order valence-electron chi connectivity index (χ4n) is 1.99. The smallest absolute Gasteiger partial charge is 0.0795 e. The molecule has 0 unspecified atom stereocenters. The lowest BCUT2D eigenvalue weighted by atomic mass is 9.91. The van der Waals surface area contributed by atoms with Crippen molar-refractivity contribution in [2.75, 3.05) is 26.2 Å². The highest BCUT2D eigenvalue weighted by Gasteiger charge is 2.32. The molecule has 0 aromatic rings. The maximum Gasteiger partial charge on any atom is 0.0795 e. The summed E-state index contributed by atoms with van der Waals surface area (Å²) in [6.07, 6.45) is 1.80. The lowest BCUT2D eigenvalue weighted by molar-refractivity contribution is -0.0259. The molecule has 0 aromatic heterocycles. The fourth-order valence-corrected chi connectivity index (χ4v) is 1.99. The number of aliphatic hydroxyl groups is 1. The SMILES string of the molecule is CCNCC1(O)CCN(C(C)C)CC1. The summed E-state index contributed by atoms with van der Waals surface area (Å²) in [6, 6.07) is 0.610. The number of piperidine rings is 1. The number of likely N-dealkylation sites (N-methyl/N-ethyl adjacent to an activating group) is 1. The van der Waals surface area contributed by atoms with Crippen molar-refractivity contribution < 1.29 is 5.11 Å². The van der Waals surface area contributed by atoms with E-state index < -0.39 is 5.60 Å². The van der Waals surface area contributed by atoms with Crippen LogP contribution in [0.1, 0.15) is 33.6 Å². The van der Waals surface area contributed by atoms with E-state index in [4.69, 9.17) is 0 Å². The van der Waals surface area contributed by atoms with Gasteiger partial charge >= 0.3 is 0 Å². The molecule has 1 fully saturated rings. The summed E-state index contributed by atoms with van der Waals surface area (Å²) in [6.45, 7) is 10.3. The first-order valence-corrected chi connectivity index (χ1v) is 5.74. The number of likely N-dealkylation sites (tertiary alicyclic amines) is 1. The molecule has 0 spiro atoms. The van der Waals surface area contributed by atoms with Crippen LogP contribution in [0.15, 0.2) is 0 Å². The van der Waals surface area contributed by atoms with Crippen LogP contribution in [-0.2, 0) is 0 Å². The summed E-state index contributed by atoms with van der Waals surface area (Å²) in [7, 11) is 0. The van der Waals surface area contributed by atoms with Crippen molar-refractivity contribution in [1.29, 1.82) is 0 Å². The summed E-state index contributed by atoms with van der Waals surface area (Å²) in [5, 5.41) is 13.4. The highest BCUT2D eigenvalue weighted by atomic mass is 16.3. The average Bonchev–Trinajstić information content (AvgIpc) is 2.16. The molecular weight excluding hydrogens is 176 g/mol. The van der Waals surface area contributed by atoms with Gasteiger partial charge in [0.1, 0.15) is 0 Å². The van der Waals surface area contributed by atoms with E-state index in [1.165, 1.54) is 0 Å². The Hall–Kier alpha value is -0.120. The Morgan fingerprint density at radius 2 is 1.93 bits per heavy atom. The Kier molecular flexibility index (Phi) is 4.35. The molecule has 0 aromatic carbocycles. The molecule has 1 heterocycles. The molecule has 84 valence electrons. The fraction of sp³-hybridized carbons (Fsp3) is 1.00. The molecule has 0 saturated carbocycles. The van der Waals surface area contributed by atoms with E-state index in [1.807, 2.05) is 0 Å². The van der Waals surface area contributed by atoms with Crippen LogP contribution in [-0.4, -0.2) is 47.8 Å². The van der Waals surface area contributed by atoms with Crippen LogP contribution in [0, 0.1) is 0 Å². The molecule has 0 bridgehead atoms. The third kappa shape index (κ3) is 3.23. The summed E-state index contributed by atoms with van der Waals surface area (Å²) < 4.78 is 0. The summed E-state index contributed by atoms with van der Waals surface area (Å²) in [5.41, 5.74) is -0.457. The first kappa shape index (κ1) is 12.0. The second-order valence-corrected chi connectivity index (χ2v) is 4.63. The van der Waals surface area contributed by atoms with Crippen LogP contribution in [0.25, 0.3) is 0 Å². The Balaban J connectivity index is 2.33. The molecule has 1 aliphatic heterocycles. The topological polar surface area (TPSA) is 35.5 Å². The molecule has 0 aliphatic carbocycles. The summed E-state index contributed by atoms with van der Waals surface area (Å²) >= 11 is 0. The van der Waals surface area contributed by atoms with Crippen LogP contribution in [0.2, 0.25) is 0 Å². The van der Waals surface area contributed by atoms with Crippen LogP contribution in [0.4, 0.5) is 0 Å². The molecule has 3 heteroatoms. The van der Waals surface area contributed by atoms with E-state index in [0.717, 1.165) is 39.0 Å². The zero-order valence-corrected chi connectivity index (χ0v) is 9.71. The number of nitrogens with one attached hydrogen (secondary N) is 1. The van der Waals surface area contributed by atoms with Crippen molar-refractivity contribution in [3.63, 3.8) is 0 Å². The lowest BCUT2D eigenvalue weighted by Gasteiger charge is -2.40. The molecule has 0 radical (unpaired) electrons. The molecule has 1 rings (SSSR count). The van der Waals surface area contributed by atoms with Crippen LogP contribution >= 0.6 is 0 Å². The van der Waals surface area contributed by atoms with Crippen molar-refractivity contribution >= 4 is 0 Å². The highest BCUT2D eigenvalue weighted by molar-refractivity contribution is 4.88. The van der Waals surface area contributed by atoms with Crippen molar-refractivity contribution in [3.05, 3.63) is 0 Å². The molecule has 0 atom stereocenters. The van der Waals surface area contributed by atoms with E-state index in [0.29, 0.717) is 6.04 Å². The quantitative estimate of drug-likeness (QED) is 0.705. The number of hydrogen-bond donors (Lipinski definition) is 2. The maximum atomic E-state index is 10.2. The second-order valence-electron chi connectivity index (χ2n) is 4.63. The standard InChI is InChI=1S/C11H24N2O/c1-4-12-9-11(14)5-7-13(8-6-11)10(2)3/h10,12,14H,4-9H2,1-3H3. The largest absolute Gasteiger partial charge is 0.388 e. The number of nitrogens with zero attached hydrogens (tertiary/aromatic N) is 1. The van der Waals surface area contributed by atoms with Gasteiger partial charge in [-0.1, -0.05) is 6.92 Å². The zero-order chi connectivity index (χ0) is 10.6. The van der Waals surface area contributed by atoms with Gasteiger partial charge in [0, 0.05) is 25.7 Å². The Morgan fingerprint density at radius 1 is 1.36 bits per heavy atom. The van der Waals surface area contributed by atoms with Gasteiger partial charge in [0.05, 0.1) is 5.60 Å². The van der Waals surface area contributed by atoms with Gasteiger partial charge in [0.15, 0.2) is 0 Å². The minimum Gasteiger partial charge on any atom is -0.388 e. The molecular formula is C11H24N2O. The van der Waals surface area contributed by atoms with E-state index in [1.54, 1.807) is 0 Å². The number of rotatable bonds is 4. The zero-order valence-electron chi connectivity index (χ0n) is 9.71. The first-order chi connectivity index (χ1) is 6.57. The van der Waals surface area contributed by atoms with Gasteiger partial charge in [-0.15, -0.1) is 0 Å². The minimum absolute atomic E-state index is 0.457. The monoisotopic (exact) mass is 200 g/mol. The van der Waals surface area contributed by atoms with Gasteiger partial charge in [-0.2, -0.15) is 0 Å². The Bertz CT molecular complexity index is 163. The van der Waals surface area contributed by atoms with Crippen LogP contribution < -0.4 is 5.32 Å². The second kappa shape index (κ2) is 5.10. The van der Waals surface area contributed by atoms with E-state index >= 15 is 0 Å². The molecule has 1 saturated heterocycles.